The largest absolute Gasteiger partial charge is 0.352 e. The number of carbonyl (C=O) groups excluding carboxylic acids is 2. The molecule has 2 amide bonds. The molecular formula is C27H33N3O4S. The molecule has 186 valence electrons. The third-order valence-corrected chi connectivity index (χ3v) is 6.92. The fourth-order valence-electron chi connectivity index (χ4n) is 4.00. The van der Waals surface area contributed by atoms with Gasteiger partial charge in [-0.25, -0.2) is 8.42 Å². The molecule has 1 N–H and O–H groups in total. The number of fused-ring (bicyclic) bond motifs is 1. The van der Waals surface area contributed by atoms with Gasteiger partial charge in [-0.15, -0.1) is 0 Å². The second-order valence-electron chi connectivity index (χ2n) is 8.93. The predicted octanol–water partition coefficient (Wildman–Crippen LogP) is 3.59. The third-order valence-electron chi connectivity index (χ3n) is 5.80. The van der Waals surface area contributed by atoms with E-state index < -0.39 is 28.5 Å². The Morgan fingerprint density at radius 3 is 2.17 bits per heavy atom. The van der Waals surface area contributed by atoms with Gasteiger partial charge in [-0.2, -0.15) is 0 Å². The predicted molar refractivity (Wildman–Crippen MR) is 141 cm³/mol. The minimum absolute atomic E-state index is 0.0840. The Labute approximate surface area is 207 Å². The van der Waals surface area contributed by atoms with E-state index in [1.807, 2.05) is 74.5 Å². The smallest absolute Gasteiger partial charge is 0.244 e. The molecule has 0 aliphatic heterocycles. The van der Waals surface area contributed by atoms with Gasteiger partial charge in [0.2, 0.25) is 21.8 Å². The molecule has 35 heavy (non-hydrogen) atoms. The van der Waals surface area contributed by atoms with Crippen LogP contribution in [0.1, 0.15) is 26.3 Å². The van der Waals surface area contributed by atoms with E-state index in [1.165, 1.54) is 4.90 Å². The van der Waals surface area contributed by atoms with Gasteiger partial charge in [-0.1, -0.05) is 66.7 Å². The number of nitrogens with zero attached hydrogens (tertiary/aromatic N) is 2. The summed E-state index contributed by atoms with van der Waals surface area (Å²) in [4.78, 5) is 27.9. The Balaban J connectivity index is 1.93. The summed E-state index contributed by atoms with van der Waals surface area (Å²) < 4.78 is 26.8. The van der Waals surface area contributed by atoms with E-state index in [-0.39, 0.29) is 18.5 Å². The summed E-state index contributed by atoms with van der Waals surface area (Å²) in [5, 5.41) is 4.45. The number of benzene rings is 3. The van der Waals surface area contributed by atoms with Gasteiger partial charge in [-0.05, 0) is 44.2 Å². The average molecular weight is 496 g/mol. The van der Waals surface area contributed by atoms with Crippen molar-refractivity contribution in [2.45, 2.75) is 39.3 Å². The topological polar surface area (TPSA) is 86.8 Å². The Morgan fingerprint density at radius 1 is 0.886 bits per heavy atom. The molecule has 7 nitrogen and oxygen atoms in total. The molecule has 1 atom stereocenters. The van der Waals surface area contributed by atoms with E-state index in [0.29, 0.717) is 12.1 Å². The Hall–Kier alpha value is -3.39. The highest BCUT2D eigenvalue weighted by molar-refractivity contribution is 7.92. The molecule has 0 saturated heterocycles. The highest BCUT2D eigenvalue weighted by Crippen LogP contribution is 2.28. The van der Waals surface area contributed by atoms with Crippen LogP contribution in [0.5, 0.6) is 0 Å². The maximum Gasteiger partial charge on any atom is 0.244 e. The lowest BCUT2D eigenvalue weighted by Crippen LogP contribution is -2.53. The van der Waals surface area contributed by atoms with E-state index in [4.69, 9.17) is 0 Å². The summed E-state index contributed by atoms with van der Waals surface area (Å²) in [6.45, 7) is 5.26. The normalized spacial score (nSPS) is 12.4. The average Bonchev–Trinajstić information content (AvgIpc) is 2.81. The molecule has 0 fully saturated rings. The van der Waals surface area contributed by atoms with E-state index in [0.717, 1.165) is 26.9 Å². The summed E-state index contributed by atoms with van der Waals surface area (Å²) in [5.41, 5.74) is 1.46. The number of rotatable bonds is 10. The first-order valence-corrected chi connectivity index (χ1v) is 13.5. The van der Waals surface area contributed by atoms with Gasteiger partial charge in [0, 0.05) is 18.0 Å². The fraction of sp³-hybridized carbons (Fsp3) is 0.333. The minimum atomic E-state index is -3.78. The minimum Gasteiger partial charge on any atom is -0.352 e. The van der Waals surface area contributed by atoms with Gasteiger partial charge in [0.1, 0.15) is 12.6 Å². The van der Waals surface area contributed by atoms with E-state index in [2.05, 4.69) is 5.32 Å². The zero-order valence-electron chi connectivity index (χ0n) is 20.6. The lowest BCUT2D eigenvalue weighted by Gasteiger charge is -2.32. The van der Waals surface area contributed by atoms with Crippen molar-refractivity contribution in [1.29, 1.82) is 0 Å². The van der Waals surface area contributed by atoms with Crippen molar-refractivity contribution in [3.63, 3.8) is 0 Å². The second-order valence-corrected chi connectivity index (χ2v) is 10.8. The van der Waals surface area contributed by atoms with Crippen LogP contribution in [-0.2, 0) is 26.0 Å². The summed E-state index contributed by atoms with van der Waals surface area (Å²) in [5.74, 6) is -0.719. The number of amides is 2. The number of sulfonamides is 1. The van der Waals surface area contributed by atoms with Gasteiger partial charge < -0.3 is 10.2 Å². The van der Waals surface area contributed by atoms with Crippen molar-refractivity contribution in [3.8, 4) is 0 Å². The van der Waals surface area contributed by atoms with Crippen LogP contribution >= 0.6 is 0 Å². The van der Waals surface area contributed by atoms with Crippen LogP contribution in [0.15, 0.2) is 72.8 Å². The molecule has 0 heterocycles. The molecule has 0 aromatic heterocycles. The quantitative estimate of drug-likeness (QED) is 0.466. The molecule has 3 rings (SSSR count). The second kappa shape index (κ2) is 11.4. The maximum absolute atomic E-state index is 13.6. The van der Waals surface area contributed by atoms with Gasteiger partial charge in [0.25, 0.3) is 0 Å². The van der Waals surface area contributed by atoms with Gasteiger partial charge in [-0.3, -0.25) is 13.9 Å². The highest BCUT2D eigenvalue weighted by Gasteiger charge is 2.30. The number of anilines is 1. The molecule has 0 spiro atoms. The van der Waals surface area contributed by atoms with Crippen LogP contribution < -0.4 is 9.62 Å². The summed E-state index contributed by atoms with van der Waals surface area (Å²) in [6, 6.07) is 21.6. The van der Waals surface area contributed by atoms with E-state index in [1.54, 1.807) is 19.1 Å². The fourth-order valence-corrected chi connectivity index (χ4v) is 4.86. The number of hydrogen-bond donors (Lipinski definition) is 1. The molecule has 0 radical (unpaired) electrons. The number of nitrogens with one attached hydrogen (secondary N) is 1. The molecule has 0 aliphatic rings. The molecule has 0 bridgehead atoms. The third kappa shape index (κ3) is 6.82. The van der Waals surface area contributed by atoms with Crippen molar-refractivity contribution < 1.29 is 18.0 Å². The zero-order valence-corrected chi connectivity index (χ0v) is 21.5. The van der Waals surface area contributed by atoms with E-state index >= 15 is 0 Å². The monoisotopic (exact) mass is 495 g/mol. The molecule has 0 unspecified atom stereocenters. The van der Waals surface area contributed by atoms with Crippen LogP contribution in [0.25, 0.3) is 10.8 Å². The van der Waals surface area contributed by atoms with Gasteiger partial charge >= 0.3 is 0 Å². The summed E-state index contributed by atoms with van der Waals surface area (Å²) in [7, 11) is -3.78. The van der Waals surface area contributed by atoms with Crippen molar-refractivity contribution in [1.82, 2.24) is 10.2 Å². The lowest BCUT2D eigenvalue weighted by molar-refractivity contribution is -0.139. The van der Waals surface area contributed by atoms with Gasteiger partial charge in [0.05, 0.1) is 11.9 Å². The summed E-state index contributed by atoms with van der Waals surface area (Å²) in [6.07, 6.45) is 1.63. The Kier molecular flexibility index (Phi) is 8.51. The van der Waals surface area contributed by atoms with E-state index in [9.17, 15) is 18.0 Å². The standard InChI is InChI=1S/C27H33N3O4S/c1-20(2)28-27(32)21(3)29(18-17-22-11-6-5-7-12-22)26(31)19-30(35(4,33)34)25-16-10-14-23-13-8-9-15-24(23)25/h5-16,20-21H,17-19H2,1-4H3,(H,28,32)/t21-/m0/s1. The first kappa shape index (κ1) is 26.2. The SMILES string of the molecule is CC(C)NC(=O)[C@H](C)N(CCc1ccccc1)C(=O)CN(c1cccc2ccccc12)S(C)(=O)=O. The zero-order chi connectivity index (χ0) is 25.6. The van der Waals surface area contributed by atoms with Crippen molar-refractivity contribution in [2.75, 3.05) is 23.7 Å². The Morgan fingerprint density at radius 2 is 1.51 bits per heavy atom. The highest BCUT2D eigenvalue weighted by atomic mass is 32.2. The Bertz CT molecular complexity index is 1270. The number of hydrogen-bond acceptors (Lipinski definition) is 4. The summed E-state index contributed by atoms with van der Waals surface area (Å²) >= 11 is 0. The van der Waals surface area contributed by atoms with Crippen molar-refractivity contribution >= 4 is 38.3 Å². The van der Waals surface area contributed by atoms with Gasteiger partial charge in [0.15, 0.2) is 0 Å². The van der Waals surface area contributed by atoms with Crippen LogP contribution in [-0.4, -0.2) is 56.6 Å². The molecule has 3 aromatic carbocycles. The lowest BCUT2D eigenvalue weighted by atomic mass is 10.1. The molecule has 0 aliphatic carbocycles. The van der Waals surface area contributed by atoms with Crippen molar-refractivity contribution in [2.24, 2.45) is 0 Å². The first-order valence-electron chi connectivity index (χ1n) is 11.7. The van der Waals surface area contributed by atoms with Crippen molar-refractivity contribution in [3.05, 3.63) is 78.4 Å². The molecule has 8 heteroatoms. The maximum atomic E-state index is 13.6. The van der Waals surface area contributed by atoms with Crippen LogP contribution in [0, 0.1) is 0 Å². The molecule has 3 aromatic rings. The van der Waals surface area contributed by atoms with Crippen LogP contribution in [0.4, 0.5) is 5.69 Å². The first-order chi connectivity index (χ1) is 16.6. The molecular weight excluding hydrogens is 462 g/mol. The van der Waals surface area contributed by atoms with Crippen LogP contribution in [0.3, 0.4) is 0 Å². The van der Waals surface area contributed by atoms with Crippen LogP contribution in [0.2, 0.25) is 0 Å². The number of carbonyl (C=O) groups is 2. The molecule has 0 saturated carbocycles.